The lowest BCUT2D eigenvalue weighted by molar-refractivity contribution is 0.0973. The van der Waals surface area contributed by atoms with Gasteiger partial charge in [-0.3, -0.25) is 0 Å². The Labute approximate surface area is 197 Å². The highest BCUT2D eigenvalue weighted by Crippen LogP contribution is 2.31. The van der Waals surface area contributed by atoms with Gasteiger partial charge < -0.3 is 29.2 Å². The zero-order valence-corrected chi connectivity index (χ0v) is 19.4. The summed E-state index contributed by atoms with van der Waals surface area (Å²) in [5, 5.41) is 0. The molecular weight excluding hydrogens is 432 g/mol. The Morgan fingerprint density at radius 1 is 0.853 bits per heavy atom. The fraction of sp³-hybridized carbons (Fsp3) is 0.417. The Kier molecular flexibility index (Phi) is 5.39. The second kappa shape index (κ2) is 8.69. The van der Waals surface area contributed by atoms with Crippen LogP contribution in [0.3, 0.4) is 0 Å². The molecule has 2 N–H and O–H groups in total. The van der Waals surface area contributed by atoms with Crippen molar-refractivity contribution < 1.29 is 9.47 Å². The molecular formula is C24H28N8O2. The van der Waals surface area contributed by atoms with Crippen LogP contribution in [0.15, 0.2) is 36.7 Å². The molecule has 2 atom stereocenters. The van der Waals surface area contributed by atoms with Crippen molar-refractivity contribution in [1.29, 1.82) is 0 Å². The summed E-state index contributed by atoms with van der Waals surface area (Å²) < 4.78 is 11.3. The summed E-state index contributed by atoms with van der Waals surface area (Å²) in [6.45, 7) is 8.52. The maximum Gasteiger partial charge on any atom is 0.229 e. The minimum absolute atomic E-state index is 0.203. The summed E-state index contributed by atoms with van der Waals surface area (Å²) in [6, 6.07) is 8.59. The fourth-order valence-electron chi connectivity index (χ4n) is 4.62. The molecule has 3 aromatic heterocycles. The van der Waals surface area contributed by atoms with Gasteiger partial charge in [-0.25, -0.2) is 9.97 Å². The van der Waals surface area contributed by atoms with Crippen LogP contribution >= 0.6 is 0 Å². The van der Waals surface area contributed by atoms with E-state index in [1.165, 1.54) is 0 Å². The van der Waals surface area contributed by atoms with Gasteiger partial charge in [0.15, 0.2) is 11.5 Å². The number of morpholine rings is 2. The lowest BCUT2D eigenvalue weighted by Crippen LogP contribution is -2.46. The standard InChI is InChI=1S/C24H28N8O2/c1-15-13-33-11-9-31(15)23-19-22(29-24(30-23)32-10-12-34-14-16(32)2)28-21(27-19)18-5-3-17(4-6-18)20-25-7-8-26-20/h3-8,15-16H,9-14H2,1-2H3,(H,25,26)(H,27,28,29,30). The molecule has 0 spiro atoms. The number of aromatic nitrogens is 6. The summed E-state index contributed by atoms with van der Waals surface area (Å²) >= 11 is 0. The van der Waals surface area contributed by atoms with E-state index in [0.29, 0.717) is 38.0 Å². The van der Waals surface area contributed by atoms with Gasteiger partial charge >= 0.3 is 0 Å². The number of benzene rings is 1. The average molecular weight is 461 g/mol. The van der Waals surface area contributed by atoms with Crippen LogP contribution in [-0.2, 0) is 9.47 Å². The lowest BCUT2D eigenvalue weighted by Gasteiger charge is -2.36. The molecule has 0 amide bonds. The van der Waals surface area contributed by atoms with E-state index in [0.717, 1.165) is 47.2 Å². The van der Waals surface area contributed by atoms with E-state index >= 15 is 0 Å². The van der Waals surface area contributed by atoms with Crippen molar-refractivity contribution in [3.63, 3.8) is 0 Å². The third-order valence-electron chi connectivity index (χ3n) is 6.51. The van der Waals surface area contributed by atoms with Crippen molar-refractivity contribution in [2.24, 2.45) is 0 Å². The number of H-pyrrole nitrogens is 2. The van der Waals surface area contributed by atoms with Crippen LogP contribution in [0.2, 0.25) is 0 Å². The largest absolute Gasteiger partial charge is 0.377 e. The van der Waals surface area contributed by atoms with Crippen LogP contribution in [0.1, 0.15) is 13.8 Å². The van der Waals surface area contributed by atoms with Gasteiger partial charge in [-0.2, -0.15) is 9.97 Å². The van der Waals surface area contributed by atoms with Gasteiger partial charge in [0, 0.05) is 36.6 Å². The van der Waals surface area contributed by atoms with E-state index < -0.39 is 0 Å². The minimum Gasteiger partial charge on any atom is -0.377 e. The van der Waals surface area contributed by atoms with Crippen molar-refractivity contribution in [3.8, 4) is 22.8 Å². The first-order valence-corrected chi connectivity index (χ1v) is 11.7. The molecule has 10 nitrogen and oxygen atoms in total. The molecule has 0 bridgehead atoms. The molecule has 2 saturated heterocycles. The number of ether oxygens (including phenoxy) is 2. The predicted molar refractivity (Wildman–Crippen MR) is 130 cm³/mol. The molecule has 0 radical (unpaired) electrons. The molecule has 2 aliphatic heterocycles. The Morgan fingerprint density at radius 2 is 1.53 bits per heavy atom. The van der Waals surface area contributed by atoms with E-state index in [1.807, 2.05) is 30.5 Å². The summed E-state index contributed by atoms with van der Waals surface area (Å²) in [5.41, 5.74) is 3.53. The molecule has 10 heteroatoms. The molecule has 2 fully saturated rings. The highest BCUT2D eigenvalue weighted by molar-refractivity contribution is 5.88. The molecule has 34 heavy (non-hydrogen) atoms. The number of hydrogen-bond acceptors (Lipinski definition) is 8. The van der Waals surface area contributed by atoms with Gasteiger partial charge in [0.2, 0.25) is 5.95 Å². The van der Waals surface area contributed by atoms with Crippen LogP contribution in [0.25, 0.3) is 33.9 Å². The molecule has 6 rings (SSSR count). The van der Waals surface area contributed by atoms with Crippen molar-refractivity contribution >= 4 is 22.9 Å². The van der Waals surface area contributed by atoms with Crippen molar-refractivity contribution in [2.75, 3.05) is 49.3 Å². The molecule has 176 valence electrons. The number of anilines is 2. The Hall–Kier alpha value is -3.50. The molecule has 4 aromatic rings. The minimum atomic E-state index is 0.203. The molecule has 2 aliphatic rings. The molecule has 5 heterocycles. The summed E-state index contributed by atoms with van der Waals surface area (Å²) in [6.07, 6.45) is 3.57. The monoisotopic (exact) mass is 460 g/mol. The number of fused-ring (bicyclic) bond motifs is 1. The summed E-state index contributed by atoms with van der Waals surface area (Å²) in [7, 11) is 0. The van der Waals surface area contributed by atoms with Gasteiger partial charge in [-0.1, -0.05) is 24.3 Å². The average Bonchev–Trinajstić information content (AvgIpc) is 3.55. The summed E-state index contributed by atoms with van der Waals surface area (Å²) in [4.78, 5) is 30.3. The van der Waals surface area contributed by atoms with Gasteiger partial charge in [0.05, 0.1) is 38.5 Å². The van der Waals surface area contributed by atoms with Crippen molar-refractivity contribution in [1.82, 2.24) is 29.9 Å². The Bertz CT molecular complexity index is 1270. The number of hydrogen-bond donors (Lipinski definition) is 2. The second-order valence-corrected chi connectivity index (χ2v) is 8.88. The van der Waals surface area contributed by atoms with Gasteiger partial charge in [0.25, 0.3) is 0 Å². The zero-order chi connectivity index (χ0) is 23.1. The number of nitrogens with one attached hydrogen (secondary N) is 2. The smallest absolute Gasteiger partial charge is 0.229 e. The van der Waals surface area contributed by atoms with E-state index in [2.05, 4.69) is 38.6 Å². The van der Waals surface area contributed by atoms with Crippen molar-refractivity contribution in [2.45, 2.75) is 25.9 Å². The van der Waals surface area contributed by atoms with E-state index in [9.17, 15) is 0 Å². The maximum absolute atomic E-state index is 5.68. The van der Waals surface area contributed by atoms with Crippen LogP contribution in [0.5, 0.6) is 0 Å². The topological polar surface area (TPSA) is 108 Å². The van der Waals surface area contributed by atoms with Crippen LogP contribution in [0, 0.1) is 0 Å². The SMILES string of the molecule is CC1COCCN1c1nc(N2CCOCC2C)c2[nH]c(-c3ccc(-c4ncc[nH]4)cc3)nc2n1. The van der Waals surface area contributed by atoms with Crippen LogP contribution < -0.4 is 9.80 Å². The number of aromatic amines is 2. The second-order valence-electron chi connectivity index (χ2n) is 8.88. The van der Waals surface area contributed by atoms with Crippen molar-refractivity contribution in [3.05, 3.63) is 36.7 Å². The summed E-state index contributed by atoms with van der Waals surface area (Å²) in [5.74, 6) is 3.18. The third kappa shape index (κ3) is 3.78. The van der Waals surface area contributed by atoms with Crippen LogP contribution in [-0.4, -0.2) is 81.5 Å². The van der Waals surface area contributed by atoms with Gasteiger partial charge in [-0.05, 0) is 13.8 Å². The predicted octanol–water partition coefficient (Wildman–Crippen LogP) is 2.86. The van der Waals surface area contributed by atoms with E-state index in [4.69, 9.17) is 24.4 Å². The van der Waals surface area contributed by atoms with E-state index in [1.54, 1.807) is 6.20 Å². The first kappa shape index (κ1) is 21.1. The first-order chi connectivity index (χ1) is 16.7. The van der Waals surface area contributed by atoms with E-state index in [-0.39, 0.29) is 12.1 Å². The highest BCUT2D eigenvalue weighted by Gasteiger charge is 2.28. The quantitative estimate of drug-likeness (QED) is 0.479. The highest BCUT2D eigenvalue weighted by atomic mass is 16.5. The lowest BCUT2D eigenvalue weighted by atomic mass is 10.1. The fourth-order valence-corrected chi connectivity index (χ4v) is 4.62. The number of rotatable bonds is 4. The maximum atomic E-state index is 5.68. The molecule has 2 unspecified atom stereocenters. The zero-order valence-electron chi connectivity index (χ0n) is 19.4. The Balaban J connectivity index is 1.43. The number of nitrogens with zero attached hydrogens (tertiary/aromatic N) is 6. The Morgan fingerprint density at radius 3 is 2.18 bits per heavy atom. The number of imidazole rings is 2. The van der Waals surface area contributed by atoms with Gasteiger partial charge in [-0.15, -0.1) is 0 Å². The molecule has 0 aliphatic carbocycles. The first-order valence-electron chi connectivity index (χ1n) is 11.7. The molecule has 1 aromatic carbocycles. The third-order valence-corrected chi connectivity index (χ3v) is 6.51. The normalized spacial score (nSPS) is 21.4. The molecule has 0 saturated carbocycles. The van der Waals surface area contributed by atoms with Gasteiger partial charge in [0.1, 0.15) is 17.2 Å². The van der Waals surface area contributed by atoms with Crippen LogP contribution in [0.4, 0.5) is 11.8 Å².